The number of methoxy groups -OCH3 is 1. The molecule has 3 nitrogen and oxygen atoms in total. The second kappa shape index (κ2) is 8.98. The Balaban J connectivity index is 2.83. The van der Waals surface area contributed by atoms with E-state index in [1.165, 1.54) is 30.4 Å². The predicted molar refractivity (Wildman–Crippen MR) is 85.9 cm³/mol. The highest BCUT2D eigenvalue weighted by molar-refractivity contribution is 5.37. The van der Waals surface area contributed by atoms with Gasteiger partial charge in [0.05, 0.1) is 7.11 Å². The van der Waals surface area contributed by atoms with Gasteiger partial charge in [-0.3, -0.25) is 11.3 Å². The van der Waals surface area contributed by atoms with Crippen LogP contribution < -0.4 is 16.0 Å². The van der Waals surface area contributed by atoms with Crippen LogP contribution in [0.25, 0.3) is 0 Å². The number of hydrazine groups is 1. The molecular weight excluding hydrogens is 248 g/mol. The number of unbranched alkanes of at least 4 members (excludes halogenated alkanes) is 1. The highest BCUT2D eigenvalue weighted by Gasteiger charge is 2.20. The van der Waals surface area contributed by atoms with E-state index < -0.39 is 0 Å². The van der Waals surface area contributed by atoms with Crippen LogP contribution in [-0.4, -0.2) is 13.2 Å². The molecule has 0 aliphatic carbocycles. The number of aryl methyl sites for hydroxylation is 1. The monoisotopic (exact) mass is 278 g/mol. The first-order valence-corrected chi connectivity index (χ1v) is 7.75. The average molecular weight is 278 g/mol. The van der Waals surface area contributed by atoms with Gasteiger partial charge in [0, 0.05) is 6.04 Å². The van der Waals surface area contributed by atoms with E-state index in [0.29, 0.717) is 12.0 Å². The van der Waals surface area contributed by atoms with E-state index in [1.807, 2.05) is 6.07 Å². The van der Waals surface area contributed by atoms with Crippen molar-refractivity contribution in [2.75, 3.05) is 7.11 Å². The Morgan fingerprint density at radius 1 is 1.30 bits per heavy atom. The lowest BCUT2D eigenvalue weighted by Gasteiger charge is -2.26. The summed E-state index contributed by atoms with van der Waals surface area (Å²) in [6.45, 7) is 6.60. The summed E-state index contributed by atoms with van der Waals surface area (Å²) in [7, 11) is 1.73. The van der Waals surface area contributed by atoms with E-state index in [4.69, 9.17) is 10.6 Å². The van der Waals surface area contributed by atoms with Gasteiger partial charge in [0.1, 0.15) is 5.75 Å². The summed E-state index contributed by atoms with van der Waals surface area (Å²) in [5, 5.41) is 0. The zero-order chi connectivity index (χ0) is 15.0. The number of nitrogens with two attached hydrogens (primary N) is 1. The molecule has 1 rings (SSSR count). The highest BCUT2D eigenvalue weighted by atomic mass is 16.5. The van der Waals surface area contributed by atoms with Crippen molar-refractivity contribution in [2.45, 2.75) is 58.9 Å². The molecular formula is C17H30N2O. The third kappa shape index (κ3) is 4.80. The first kappa shape index (κ1) is 17.0. The van der Waals surface area contributed by atoms with Crippen molar-refractivity contribution in [3.8, 4) is 5.75 Å². The Morgan fingerprint density at radius 3 is 2.60 bits per heavy atom. The zero-order valence-electron chi connectivity index (χ0n) is 13.4. The molecule has 20 heavy (non-hydrogen) atoms. The lowest BCUT2D eigenvalue weighted by Crippen LogP contribution is -2.42. The quantitative estimate of drug-likeness (QED) is 0.536. The molecule has 1 aromatic carbocycles. The predicted octanol–water partition coefficient (Wildman–Crippen LogP) is 3.59. The number of ether oxygens (including phenoxy) is 1. The maximum absolute atomic E-state index is 5.81. The molecule has 2 unspecified atom stereocenters. The van der Waals surface area contributed by atoms with Crippen LogP contribution in [0.3, 0.4) is 0 Å². The molecule has 1 aromatic rings. The minimum atomic E-state index is 0.308. The SMILES string of the molecule is CCCCC(CC)C(Cc1cc(C)ccc1OC)NN. The number of hydrogen-bond donors (Lipinski definition) is 2. The minimum absolute atomic E-state index is 0.308. The maximum atomic E-state index is 5.81. The van der Waals surface area contributed by atoms with Crippen LogP contribution in [-0.2, 0) is 6.42 Å². The summed E-state index contributed by atoms with van der Waals surface area (Å²) in [5.74, 6) is 7.38. The average Bonchev–Trinajstić information content (AvgIpc) is 2.46. The Labute approximate surface area is 123 Å². The van der Waals surface area contributed by atoms with E-state index >= 15 is 0 Å². The lowest BCUT2D eigenvalue weighted by molar-refractivity contribution is 0.314. The van der Waals surface area contributed by atoms with Crippen LogP contribution >= 0.6 is 0 Å². The van der Waals surface area contributed by atoms with E-state index in [9.17, 15) is 0 Å². The summed E-state index contributed by atoms with van der Waals surface area (Å²) in [6.07, 6.45) is 5.81. The molecule has 0 spiro atoms. The molecule has 0 bridgehead atoms. The third-order valence-corrected chi connectivity index (χ3v) is 4.11. The Bertz CT molecular complexity index is 393. The van der Waals surface area contributed by atoms with Gasteiger partial charge in [-0.25, -0.2) is 0 Å². The van der Waals surface area contributed by atoms with Gasteiger partial charge < -0.3 is 4.74 Å². The maximum Gasteiger partial charge on any atom is 0.122 e. The first-order valence-electron chi connectivity index (χ1n) is 7.75. The van der Waals surface area contributed by atoms with E-state index in [1.54, 1.807) is 7.11 Å². The third-order valence-electron chi connectivity index (χ3n) is 4.11. The number of rotatable bonds is 9. The van der Waals surface area contributed by atoms with Gasteiger partial charge in [-0.1, -0.05) is 50.8 Å². The van der Waals surface area contributed by atoms with E-state index in [0.717, 1.165) is 18.6 Å². The van der Waals surface area contributed by atoms with Crippen molar-refractivity contribution in [1.82, 2.24) is 5.43 Å². The number of benzene rings is 1. The molecule has 0 aromatic heterocycles. The summed E-state index contributed by atoms with van der Waals surface area (Å²) in [4.78, 5) is 0. The van der Waals surface area contributed by atoms with Gasteiger partial charge >= 0.3 is 0 Å². The fourth-order valence-electron chi connectivity index (χ4n) is 2.82. The molecule has 2 atom stereocenters. The highest BCUT2D eigenvalue weighted by Crippen LogP contribution is 2.25. The molecule has 0 saturated heterocycles. The summed E-state index contributed by atoms with van der Waals surface area (Å²) >= 11 is 0. The van der Waals surface area contributed by atoms with Crippen molar-refractivity contribution in [3.05, 3.63) is 29.3 Å². The smallest absolute Gasteiger partial charge is 0.122 e. The van der Waals surface area contributed by atoms with Gasteiger partial charge in [-0.05, 0) is 37.3 Å². The van der Waals surface area contributed by atoms with E-state index in [2.05, 4.69) is 38.3 Å². The zero-order valence-corrected chi connectivity index (χ0v) is 13.4. The second-order valence-corrected chi connectivity index (χ2v) is 5.60. The van der Waals surface area contributed by atoms with Crippen molar-refractivity contribution >= 4 is 0 Å². The molecule has 0 heterocycles. The molecule has 3 heteroatoms. The van der Waals surface area contributed by atoms with Gasteiger partial charge in [0.25, 0.3) is 0 Å². The summed E-state index contributed by atoms with van der Waals surface area (Å²) in [5.41, 5.74) is 5.53. The van der Waals surface area contributed by atoms with Crippen LogP contribution in [0, 0.1) is 12.8 Å². The molecule has 0 aliphatic heterocycles. The molecule has 114 valence electrons. The van der Waals surface area contributed by atoms with Gasteiger partial charge in [-0.15, -0.1) is 0 Å². The van der Waals surface area contributed by atoms with Crippen molar-refractivity contribution < 1.29 is 4.74 Å². The molecule has 3 N–H and O–H groups in total. The molecule has 0 saturated carbocycles. The normalized spacial score (nSPS) is 14.1. The van der Waals surface area contributed by atoms with Gasteiger partial charge in [-0.2, -0.15) is 0 Å². The first-order chi connectivity index (χ1) is 9.65. The summed E-state index contributed by atoms with van der Waals surface area (Å²) < 4.78 is 5.47. The molecule has 0 amide bonds. The van der Waals surface area contributed by atoms with Gasteiger partial charge in [0.15, 0.2) is 0 Å². The fraction of sp³-hybridized carbons (Fsp3) is 0.647. The molecule has 0 fully saturated rings. The summed E-state index contributed by atoms with van der Waals surface area (Å²) in [6, 6.07) is 6.64. The van der Waals surface area contributed by atoms with Crippen LogP contribution in [0.15, 0.2) is 18.2 Å². The van der Waals surface area contributed by atoms with Crippen molar-refractivity contribution in [2.24, 2.45) is 11.8 Å². The van der Waals surface area contributed by atoms with Gasteiger partial charge in [0.2, 0.25) is 0 Å². The van der Waals surface area contributed by atoms with Crippen LogP contribution in [0.1, 0.15) is 50.7 Å². The minimum Gasteiger partial charge on any atom is -0.496 e. The standard InChI is InChI=1S/C17H30N2O/c1-5-7-8-14(6-2)16(19-18)12-15-11-13(3)9-10-17(15)20-4/h9-11,14,16,19H,5-8,12,18H2,1-4H3. The topological polar surface area (TPSA) is 47.3 Å². The number of hydrogen-bond acceptors (Lipinski definition) is 3. The largest absolute Gasteiger partial charge is 0.496 e. The lowest BCUT2D eigenvalue weighted by atomic mass is 9.87. The molecule has 0 aliphatic rings. The van der Waals surface area contributed by atoms with Crippen molar-refractivity contribution in [3.63, 3.8) is 0 Å². The van der Waals surface area contributed by atoms with Crippen LogP contribution in [0.5, 0.6) is 5.75 Å². The Kier molecular flexibility index (Phi) is 7.63. The van der Waals surface area contributed by atoms with Crippen LogP contribution in [0.2, 0.25) is 0 Å². The second-order valence-electron chi connectivity index (χ2n) is 5.60. The molecule has 0 radical (unpaired) electrons. The van der Waals surface area contributed by atoms with Crippen LogP contribution in [0.4, 0.5) is 0 Å². The Hall–Kier alpha value is -1.06. The fourth-order valence-corrected chi connectivity index (χ4v) is 2.82. The van der Waals surface area contributed by atoms with E-state index in [-0.39, 0.29) is 0 Å². The van der Waals surface area contributed by atoms with Crippen molar-refractivity contribution in [1.29, 1.82) is 0 Å². The Morgan fingerprint density at radius 2 is 2.05 bits per heavy atom. The number of nitrogens with one attached hydrogen (secondary N) is 1.